The normalized spacial score (nSPS) is 12.7. The van der Waals surface area contributed by atoms with Gasteiger partial charge >= 0.3 is 0 Å². The lowest BCUT2D eigenvalue weighted by Crippen LogP contribution is -2.54. The van der Waals surface area contributed by atoms with Crippen LogP contribution in [0.15, 0.2) is 102 Å². The van der Waals surface area contributed by atoms with Crippen LogP contribution in [0.5, 0.6) is 0 Å². The molecule has 0 radical (unpaired) electrons. The van der Waals surface area contributed by atoms with E-state index in [1.165, 1.54) is 9.21 Å². The smallest absolute Gasteiger partial charge is 0.264 e. The number of benzene rings is 4. The number of carbonyl (C=O) groups excluding carboxylic acids is 2. The third-order valence-corrected chi connectivity index (χ3v) is 10.1. The van der Waals surface area contributed by atoms with E-state index in [9.17, 15) is 18.0 Å². The minimum Gasteiger partial charge on any atom is -0.352 e. The van der Waals surface area contributed by atoms with Gasteiger partial charge in [0.05, 0.1) is 10.6 Å². The average molecular weight is 660 g/mol. The van der Waals surface area contributed by atoms with Crippen LogP contribution < -0.4 is 9.62 Å². The number of nitrogens with one attached hydrogen (secondary N) is 1. The van der Waals surface area contributed by atoms with Gasteiger partial charge in [-0.2, -0.15) is 0 Å². The summed E-state index contributed by atoms with van der Waals surface area (Å²) in [4.78, 5) is 30.2. The Balaban J connectivity index is 1.83. The molecule has 46 heavy (non-hydrogen) atoms. The zero-order valence-electron chi connectivity index (χ0n) is 27.0. The number of aryl methyl sites for hydroxylation is 3. The fourth-order valence-electron chi connectivity index (χ4n) is 5.12. The van der Waals surface area contributed by atoms with Crippen molar-refractivity contribution in [2.24, 2.45) is 0 Å². The number of hydrogen-bond acceptors (Lipinski definition) is 4. The Morgan fingerprint density at radius 3 is 2.09 bits per heavy atom. The molecule has 0 saturated heterocycles. The van der Waals surface area contributed by atoms with E-state index in [0.29, 0.717) is 22.7 Å². The summed E-state index contributed by atoms with van der Waals surface area (Å²) in [6, 6.07) is 27.6. The van der Waals surface area contributed by atoms with Gasteiger partial charge in [-0.3, -0.25) is 13.9 Å². The fraction of sp³-hybridized carbons (Fsp3) is 0.297. The lowest BCUT2D eigenvalue weighted by Gasteiger charge is -2.34. The van der Waals surface area contributed by atoms with Crippen LogP contribution in [0.1, 0.15) is 48.1 Å². The fourth-order valence-corrected chi connectivity index (χ4v) is 6.72. The molecule has 2 unspecified atom stereocenters. The number of amides is 2. The second-order valence-corrected chi connectivity index (χ2v) is 14.1. The largest absolute Gasteiger partial charge is 0.352 e. The molecule has 2 atom stereocenters. The summed E-state index contributed by atoms with van der Waals surface area (Å²) in [6.45, 7) is 9.05. The van der Waals surface area contributed by atoms with Crippen LogP contribution in [-0.2, 0) is 32.6 Å². The van der Waals surface area contributed by atoms with Crippen molar-refractivity contribution in [2.45, 2.75) is 71.0 Å². The Morgan fingerprint density at radius 1 is 0.826 bits per heavy atom. The molecule has 4 aromatic rings. The molecule has 0 fully saturated rings. The highest BCUT2D eigenvalue weighted by Crippen LogP contribution is 2.29. The molecule has 0 aliphatic rings. The zero-order chi connectivity index (χ0) is 33.4. The van der Waals surface area contributed by atoms with Crippen molar-refractivity contribution < 1.29 is 18.0 Å². The van der Waals surface area contributed by atoms with Gasteiger partial charge in [0.15, 0.2) is 0 Å². The number of sulfonamides is 1. The van der Waals surface area contributed by atoms with Gasteiger partial charge in [0.25, 0.3) is 10.0 Å². The summed E-state index contributed by atoms with van der Waals surface area (Å²) >= 11 is 6.17. The average Bonchev–Trinajstić information content (AvgIpc) is 3.04. The maximum absolute atomic E-state index is 14.6. The molecular weight excluding hydrogens is 618 g/mol. The quantitative estimate of drug-likeness (QED) is 0.167. The number of halogens is 1. The zero-order valence-corrected chi connectivity index (χ0v) is 28.6. The van der Waals surface area contributed by atoms with Crippen LogP contribution in [0.25, 0.3) is 0 Å². The van der Waals surface area contributed by atoms with Crippen molar-refractivity contribution in [1.82, 2.24) is 10.2 Å². The maximum atomic E-state index is 14.6. The molecule has 242 valence electrons. The van der Waals surface area contributed by atoms with Crippen molar-refractivity contribution in [3.05, 3.63) is 130 Å². The second-order valence-electron chi connectivity index (χ2n) is 11.8. The van der Waals surface area contributed by atoms with E-state index in [4.69, 9.17) is 11.6 Å². The Bertz CT molecular complexity index is 1740. The first kappa shape index (κ1) is 34.7. The van der Waals surface area contributed by atoms with E-state index >= 15 is 0 Å². The predicted molar refractivity (Wildman–Crippen MR) is 185 cm³/mol. The Morgan fingerprint density at radius 2 is 1.46 bits per heavy atom. The topological polar surface area (TPSA) is 86.8 Å². The van der Waals surface area contributed by atoms with E-state index in [1.807, 2.05) is 77.1 Å². The summed E-state index contributed by atoms with van der Waals surface area (Å²) in [5, 5.41) is 3.60. The van der Waals surface area contributed by atoms with Crippen LogP contribution >= 0.6 is 11.6 Å². The van der Waals surface area contributed by atoms with Gasteiger partial charge in [0.2, 0.25) is 11.8 Å². The monoisotopic (exact) mass is 659 g/mol. The molecule has 0 bridgehead atoms. The summed E-state index contributed by atoms with van der Waals surface area (Å²) in [6.07, 6.45) is 0.959. The number of carbonyl (C=O) groups is 2. The van der Waals surface area contributed by atoms with Crippen LogP contribution in [-0.4, -0.2) is 43.8 Å². The van der Waals surface area contributed by atoms with E-state index in [2.05, 4.69) is 5.32 Å². The Kier molecular flexibility index (Phi) is 11.7. The molecule has 0 aromatic heterocycles. The summed E-state index contributed by atoms with van der Waals surface area (Å²) in [5.74, 6) is -0.813. The van der Waals surface area contributed by atoms with Crippen LogP contribution in [0.3, 0.4) is 0 Å². The van der Waals surface area contributed by atoms with Gasteiger partial charge in [-0.25, -0.2) is 8.42 Å². The molecule has 4 rings (SSSR count). The highest BCUT2D eigenvalue weighted by atomic mass is 35.5. The molecule has 9 heteroatoms. The van der Waals surface area contributed by atoms with E-state index in [0.717, 1.165) is 22.3 Å². The van der Waals surface area contributed by atoms with E-state index in [-0.39, 0.29) is 29.8 Å². The van der Waals surface area contributed by atoms with Gasteiger partial charge < -0.3 is 10.2 Å². The summed E-state index contributed by atoms with van der Waals surface area (Å²) in [7, 11) is -4.18. The molecule has 1 N–H and O–H groups in total. The molecule has 7 nitrogen and oxygen atoms in total. The first-order chi connectivity index (χ1) is 21.9. The van der Waals surface area contributed by atoms with Gasteiger partial charge in [0, 0.05) is 24.0 Å². The van der Waals surface area contributed by atoms with Crippen molar-refractivity contribution in [1.29, 1.82) is 0 Å². The minimum absolute atomic E-state index is 0.0754. The van der Waals surface area contributed by atoms with E-state index in [1.54, 1.807) is 54.6 Å². The minimum atomic E-state index is -4.18. The van der Waals surface area contributed by atoms with Crippen LogP contribution in [0, 0.1) is 20.8 Å². The summed E-state index contributed by atoms with van der Waals surface area (Å²) in [5.41, 5.74) is 4.51. The highest BCUT2D eigenvalue weighted by molar-refractivity contribution is 7.92. The van der Waals surface area contributed by atoms with Crippen LogP contribution in [0.4, 0.5) is 5.69 Å². The Labute approximate surface area is 278 Å². The molecule has 0 aliphatic carbocycles. The molecular formula is C37H42ClN3O4S. The lowest BCUT2D eigenvalue weighted by atomic mass is 10.0. The van der Waals surface area contributed by atoms with Gasteiger partial charge in [-0.05, 0) is 86.7 Å². The van der Waals surface area contributed by atoms with Gasteiger partial charge in [-0.15, -0.1) is 0 Å². The molecule has 0 saturated carbocycles. The summed E-state index contributed by atoms with van der Waals surface area (Å²) < 4.78 is 29.8. The molecule has 0 heterocycles. The van der Waals surface area contributed by atoms with Crippen molar-refractivity contribution in [3.63, 3.8) is 0 Å². The molecule has 0 aliphatic heterocycles. The van der Waals surface area contributed by atoms with E-state index < -0.39 is 28.5 Å². The van der Waals surface area contributed by atoms with Crippen molar-refractivity contribution in [2.75, 3.05) is 10.8 Å². The third-order valence-electron chi connectivity index (χ3n) is 8.06. The third kappa shape index (κ3) is 8.77. The molecule has 0 spiro atoms. The number of hydrogen-bond donors (Lipinski definition) is 1. The highest BCUT2D eigenvalue weighted by Gasteiger charge is 2.35. The van der Waals surface area contributed by atoms with Crippen LogP contribution in [0.2, 0.25) is 5.02 Å². The first-order valence-electron chi connectivity index (χ1n) is 15.4. The maximum Gasteiger partial charge on any atom is 0.264 e. The molecule has 4 aromatic carbocycles. The second kappa shape index (κ2) is 15.4. The predicted octanol–water partition coefficient (Wildman–Crippen LogP) is 7.02. The van der Waals surface area contributed by atoms with Gasteiger partial charge in [0.1, 0.15) is 12.6 Å². The number of anilines is 1. The van der Waals surface area contributed by atoms with Crippen molar-refractivity contribution >= 4 is 39.1 Å². The molecule has 2 amide bonds. The van der Waals surface area contributed by atoms with Crippen molar-refractivity contribution in [3.8, 4) is 0 Å². The number of rotatable bonds is 13. The standard InChI is InChI=1S/C37H42ClN3O4S/c1-6-29(5)39-37(43)35(23-30-10-8-7-9-11-30)40(24-31-16-18-32(38)19-17-31)36(42)25-41(34-22-27(3)12-15-28(34)4)46(44,45)33-20-13-26(2)14-21-33/h7-22,29,35H,6,23-25H2,1-5H3,(H,39,43). The van der Waals surface area contributed by atoms with Gasteiger partial charge in [-0.1, -0.05) is 90.8 Å². The number of nitrogens with zero attached hydrogens (tertiary/aromatic N) is 2. The lowest BCUT2D eigenvalue weighted by molar-refractivity contribution is -0.140. The Hall–Kier alpha value is -4.14. The first-order valence-corrected chi connectivity index (χ1v) is 17.3. The SMILES string of the molecule is CCC(C)NC(=O)C(Cc1ccccc1)N(Cc1ccc(Cl)cc1)C(=O)CN(c1cc(C)ccc1C)S(=O)(=O)c1ccc(C)cc1.